The summed E-state index contributed by atoms with van der Waals surface area (Å²) in [4.78, 5) is 23.1. The number of methoxy groups -OCH3 is 1. The summed E-state index contributed by atoms with van der Waals surface area (Å²) in [5.74, 6) is -1.17. The Labute approximate surface area is 106 Å². The molecule has 98 valence electrons. The van der Waals surface area contributed by atoms with Gasteiger partial charge in [-0.1, -0.05) is 6.92 Å². The average Bonchev–Trinajstić information content (AvgIpc) is 2.31. The second-order valence-corrected chi connectivity index (χ2v) is 4.33. The van der Waals surface area contributed by atoms with Crippen molar-refractivity contribution in [2.45, 2.75) is 32.9 Å². The Hall–Kier alpha value is -2.03. The molecule has 1 N–H and O–H groups in total. The Morgan fingerprint density at radius 3 is 2.67 bits per heavy atom. The van der Waals surface area contributed by atoms with Crippen LogP contribution < -0.4 is 5.32 Å². The molecular weight excluding hydrogens is 236 g/mol. The largest absolute Gasteiger partial charge is 0.465 e. The van der Waals surface area contributed by atoms with Gasteiger partial charge in [-0.3, -0.25) is 4.79 Å². The molecule has 1 rings (SSSR count). The summed E-state index contributed by atoms with van der Waals surface area (Å²) >= 11 is 0. The second-order valence-electron chi connectivity index (χ2n) is 4.33. The van der Waals surface area contributed by atoms with Gasteiger partial charge >= 0.3 is 5.97 Å². The maximum atomic E-state index is 11.8. The van der Waals surface area contributed by atoms with E-state index in [9.17, 15) is 9.59 Å². The van der Waals surface area contributed by atoms with E-state index in [0.717, 1.165) is 5.57 Å². The van der Waals surface area contributed by atoms with Crippen LogP contribution in [0.4, 0.5) is 0 Å². The van der Waals surface area contributed by atoms with Crippen LogP contribution in [-0.2, 0) is 19.1 Å². The number of hydrogen-bond acceptors (Lipinski definition) is 5. The lowest BCUT2D eigenvalue weighted by atomic mass is 9.88. The predicted octanol–water partition coefficient (Wildman–Crippen LogP) is 0.846. The fourth-order valence-corrected chi connectivity index (χ4v) is 1.92. The SMILES string of the molecule is COC(=O)C1(NC(C)=O)CC(C)C(C)=C(C#N)O1. The summed E-state index contributed by atoms with van der Waals surface area (Å²) in [5.41, 5.74) is -0.854. The van der Waals surface area contributed by atoms with Crippen LogP contribution in [0.5, 0.6) is 0 Å². The van der Waals surface area contributed by atoms with Crippen molar-refractivity contribution in [2.75, 3.05) is 7.11 Å². The summed E-state index contributed by atoms with van der Waals surface area (Å²) in [6.45, 7) is 4.89. The van der Waals surface area contributed by atoms with Crippen LogP contribution in [0.1, 0.15) is 27.2 Å². The number of hydrogen-bond donors (Lipinski definition) is 1. The molecule has 0 aromatic rings. The molecule has 0 saturated heterocycles. The topological polar surface area (TPSA) is 88.4 Å². The van der Waals surface area contributed by atoms with Gasteiger partial charge in [-0.15, -0.1) is 0 Å². The van der Waals surface area contributed by atoms with Gasteiger partial charge in [0.25, 0.3) is 5.72 Å². The van der Waals surface area contributed by atoms with Crippen LogP contribution in [0, 0.1) is 17.2 Å². The standard InChI is InChI=1S/C12H16N2O4/c1-7-5-12(11(16)17-4,14-9(3)15)18-10(6-13)8(7)2/h7H,5H2,1-4H3,(H,14,15). The average molecular weight is 252 g/mol. The minimum Gasteiger partial charge on any atom is -0.465 e. The first-order valence-electron chi connectivity index (χ1n) is 5.53. The summed E-state index contributed by atoms with van der Waals surface area (Å²) in [5, 5.41) is 11.4. The molecule has 6 heteroatoms. The third-order valence-corrected chi connectivity index (χ3v) is 2.96. The molecule has 0 aromatic heterocycles. The van der Waals surface area contributed by atoms with E-state index in [1.807, 2.05) is 13.0 Å². The normalized spacial score (nSPS) is 26.9. The molecule has 0 radical (unpaired) electrons. The highest BCUT2D eigenvalue weighted by molar-refractivity contribution is 5.86. The lowest BCUT2D eigenvalue weighted by molar-refractivity contribution is -0.175. The van der Waals surface area contributed by atoms with Crippen LogP contribution in [-0.4, -0.2) is 24.7 Å². The number of rotatable bonds is 2. The first-order valence-corrected chi connectivity index (χ1v) is 5.53. The molecule has 0 saturated carbocycles. The molecule has 1 amide bonds. The number of carbonyl (C=O) groups excluding carboxylic acids is 2. The van der Waals surface area contributed by atoms with Gasteiger partial charge in [-0.2, -0.15) is 5.26 Å². The van der Waals surface area contributed by atoms with Gasteiger partial charge in [-0.05, 0) is 18.4 Å². The van der Waals surface area contributed by atoms with Crippen molar-refractivity contribution in [3.05, 3.63) is 11.3 Å². The number of amides is 1. The summed E-state index contributed by atoms with van der Waals surface area (Å²) in [6.07, 6.45) is 0.232. The number of ether oxygens (including phenoxy) is 2. The zero-order valence-corrected chi connectivity index (χ0v) is 10.9. The summed E-state index contributed by atoms with van der Waals surface area (Å²) in [6, 6.07) is 1.89. The van der Waals surface area contributed by atoms with E-state index < -0.39 is 17.6 Å². The van der Waals surface area contributed by atoms with E-state index in [1.165, 1.54) is 14.0 Å². The zero-order chi connectivity index (χ0) is 13.9. The third-order valence-electron chi connectivity index (χ3n) is 2.96. The van der Waals surface area contributed by atoms with E-state index in [1.54, 1.807) is 6.92 Å². The molecule has 1 aliphatic heterocycles. The maximum Gasteiger partial charge on any atom is 0.372 e. The smallest absolute Gasteiger partial charge is 0.372 e. The van der Waals surface area contributed by atoms with Crippen molar-refractivity contribution < 1.29 is 19.1 Å². The Morgan fingerprint density at radius 2 is 2.22 bits per heavy atom. The van der Waals surface area contributed by atoms with E-state index in [4.69, 9.17) is 10.00 Å². The first-order chi connectivity index (χ1) is 8.36. The third kappa shape index (κ3) is 2.45. The predicted molar refractivity (Wildman–Crippen MR) is 61.7 cm³/mol. The summed E-state index contributed by atoms with van der Waals surface area (Å²) < 4.78 is 10.0. The van der Waals surface area contributed by atoms with Crippen molar-refractivity contribution in [1.82, 2.24) is 5.32 Å². The maximum absolute atomic E-state index is 11.8. The Balaban J connectivity index is 3.20. The van der Waals surface area contributed by atoms with E-state index in [0.29, 0.717) is 0 Å². The van der Waals surface area contributed by atoms with Crippen molar-refractivity contribution in [3.8, 4) is 6.07 Å². The highest BCUT2D eigenvalue weighted by atomic mass is 16.6. The minimum atomic E-state index is -1.61. The molecule has 0 spiro atoms. The monoisotopic (exact) mass is 252 g/mol. The molecule has 2 atom stereocenters. The number of carbonyl (C=O) groups is 2. The summed E-state index contributed by atoms with van der Waals surface area (Å²) in [7, 11) is 1.21. The molecule has 18 heavy (non-hydrogen) atoms. The molecule has 6 nitrogen and oxygen atoms in total. The van der Waals surface area contributed by atoms with Crippen LogP contribution in [0.2, 0.25) is 0 Å². The molecule has 0 bridgehead atoms. The fraction of sp³-hybridized carbons (Fsp3) is 0.583. The molecule has 0 fully saturated rings. The Kier molecular flexibility index (Phi) is 3.96. The van der Waals surface area contributed by atoms with Gasteiger partial charge in [0.05, 0.1) is 7.11 Å². The minimum absolute atomic E-state index is 0.0490. The quantitative estimate of drug-likeness (QED) is 0.736. The molecule has 0 aromatic carbocycles. The Morgan fingerprint density at radius 1 is 1.61 bits per heavy atom. The first kappa shape index (κ1) is 14.0. The molecular formula is C12H16N2O4. The van der Waals surface area contributed by atoms with Crippen LogP contribution in [0.25, 0.3) is 0 Å². The zero-order valence-electron chi connectivity index (χ0n) is 10.9. The van der Waals surface area contributed by atoms with Gasteiger partial charge in [-0.25, -0.2) is 4.79 Å². The van der Waals surface area contributed by atoms with Gasteiger partial charge in [0.1, 0.15) is 6.07 Å². The van der Waals surface area contributed by atoms with Gasteiger partial charge in [0, 0.05) is 13.3 Å². The van der Waals surface area contributed by atoms with E-state index in [2.05, 4.69) is 10.1 Å². The van der Waals surface area contributed by atoms with Crippen molar-refractivity contribution in [3.63, 3.8) is 0 Å². The Bertz CT molecular complexity index is 449. The van der Waals surface area contributed by atoms with Crippen LogP contribution >= 0.6 is 0 Å². The number of nitrogens with zero attached hydrogens (tertiary/aromatic N) is 1. The van der Waals surface area contributed by atoms with Gasteiger partial charge in [0.15, 0.2) is 5.76 Å². The van der Waals surface area contributed by atoms with Gasteiger partial charge in [0.2, 0.25) is 5.91 Å². The number of esters is 1. The van der Waals surface area contributed by atoms with Gasteiger partial charge < -0.3 is 14.8 Å². The second kappa shape index (κ2) is 5.08. The lowest BCUT2D eigenvalue weighted by Crippen LogP contribution is -2.58. The van der Waals surface area contributed by atoms with Crippen LogP contribution in [0.15, 0.2) is 11.3 Å². The van der Waals surface area contributed by atoms with Crippen molar-refractivity contribution in [1.29, 1.82) is 5.26 Å². The lowest BCUT2D eigenvalue weighted by Gasteiger charge is -2.37. The number of nitriles is 1. The van der Waals surface area contributed by atoms with E-state index >= 15 is 0 Å². The molecule has 0 aliphatic carbocycles. The molecule has 1 aliphatic rings. The van der Waals surface area contributed by atoms with E-state index in [-0.39, 0.29) is 18.1 Å². The fourth-order valence-electron chi connectivity index (χ4n) is 1.92. The van der Waals surface area contributed by atoms with Crippen molar-refractivity contribution in [2.24, 2.45) is 5.92 Å². The van der Waals surface area contributed by atoms with Crippen molar-refractivity contribution >= 4 is 11.9 Å². The number of allylic oxidation sites excluding steroid dienone is 2. The highest BCUT2D eigenvalue weighted by Gasteiger charge is 2.48. The van der Waals surface area contributed by atoms with Crippen LogP contribution in [0.3, 0.4) is 0 Å². The molecule has 1 heterocycles. The number of nitrogens with one attached hydrogen (secondary N) is 1. The molecule has 2 unspecified atom stereocenters. The highest BCUT2D eigenvalue weighted by Crippen LogP contribution is 2.34.